The normalized spacial score (nSPS) is 9.08. The van der Waals surface area contributed by atoms with Gasteiger partial charge in [-0.15, -0.1) is 0 Å². The molecule has 0 saturated heterocycles. The Hall–Kier alpha value is -4.45. The molecule has 39 heavy (non-hydrogen) atoms. The zero-order valence-corrected chi connectivity index (χ0v) is 23.2. The van der Waals surface area contributed by atoms with Crippen molar-refractivity contribution in [2.24, 2.45) is 0 Å². The molecule has 0 radical (unpaired) electrons. The average Bonchev–Trinajstić information content (AvgIpc) is 2.97. The molecule has 0 aliphatic heterocycles. The van der Waals surface area contributed by atoms with Crippen molar-refractivity contribution >= 4 is 36.1 Å². The second-order valence-corrected chi connectivity index (χ2v) is 7.55. The maximum absolute atomic E-state index is 10.6. The number of carboxylic acid groups (broad SMARTS) is 1. The van der Waals surface area contributed by atoms with Crippen LogP contribution in [0.25, 0.3) is 18.2 Å². The predicted octanol–water partition coefficient (Wildman–Crippen LogP) is 6.45. The van der Waals surface area contributed by atoms with E-state index in [1.165, 1.54) is 11.6 Å². The lowest BCUT2D eigenvalue weighted by atomic mass is 10.1. The number of hydrogen-bond acceptors (Lipinski definition) is 6. The summed E-state index contributed by atoms with van der Waals surface area (Å²) in [5.74, 6) is -2.38. The van der Waals surface area contributed by atoms with Crippen molar-refractivity contribution in [1.29, 1.82) is 0 Å². The molecule has 0 aliphatic rings. The molecule has 2 rings (SSSR count). The molecule has 0 amide bonds. The summed E-state index contributed by atoms with van der Waals surface area (Å²) in [6, 6.07) is 18.0. The highest BCUT2D eigenvalue weighted by molar-refractivity contribution is 5.89. The smallest absolute Gasteiger partial charge is 0.330 e. The summed E-state index contributed by atoms with van der Waals surface area (Å²) in [7, 11) is 0. The number of unbranched alkanes of at least 4 members (excludes halogenated alkanes) is 2. The summed E-state index contributed by atoms with van der Waals surface area (Å²) >= 11 is 0. The van der Waals surface area contributed by atoms with E-state index in [4.69, 9.17) is 0 Å². The lowest BCUT2D eigenvalue weighted by molar-refractivity contribution is -0.297. The Bertz CT molecular complexity index is 994. The predicted molar refractivity (Wildman–Crippen MR) is 159 cm³/mol. The van der Waals surface area contributed by atoms with Crippen LogP contribution in [0.1, 0.15) is 56.2 Å². The quantitative estimate of drug-likeness (QED) is 0.177. The molecule has 0 fully saturated rings. The number of carboxylic acids is 1. The molecule has 0 aromatic heterocycles. The van der Waals surface area contributed by atoms with Crippen LogP contribution in [0, 0.1) is 0 Å². The van der Waals surface area contributed by atoms with Crippen molar-refractivity contribution in [3.63, 3.8) is 0 Å². The van der Waals surface area contributed by atoms with Crippen molar-refractivity contribution < 1.29 is 29.0 Å². The van der Waals surface area contributed by atoms with Gasteiger partial charge in [0.2, 0.25) is 0 Å². The van der Waals surface area contributed by atoms with Crippen LogP contribution in [0.5, 0.6) is 0 Å². The largest absolute Gasteiger partial charge is 0.545 e. The Morgan fingerprint density at radius 1 is 0.692 bits per heavy atom. The van der Waals surface area contributed by atoms with Crippen LogP contribution in [0.4, 0.5) is 0 Å². The number of carbonyl (C=O) groups excluding carboxylic acids is 3. The van der Waals surface area contributed by atoms with Gasteiger partial charge in [-0.2, -0.15) is 0 Å². The minimum Gasteiger partial charge on any atom is -0.545 e. The second kappa shape index (κ2) is 26.6. The van der Waals surface area contributed by atoms with Crippen molar-refractivity contribution in [3.05, 3.63) is 116 Å². The molecular weight excluding hydrogens is 492 g/mol. The summed E-state index contributed by atoms with van der Waals surface area (Å²) in [5.41, 5.74) is 3.45. The van der Waals surface area contributed by atoms with Gasteiger partial charge in [-0.05, 0) is 35.6 Å². The highest BCUT2D eigenvalue weighted by Crippen LogP contribution is 2.10. The SMILES string of the molecule is C=CC(=O)OCCCC.C=Cc1ccccc1.C=Cc1ccccc1C=C.CCCCOC(=O)/C=C\C(=O)[O-]. The molecule has 0 unspecified atom stereocenters. The molecule has 0 atom stereocenters. The Labute approximate surface area is 233 Å². The standard InChI is InChI=1S/C10H10.C8H12O4.C8H8.C7H12O2/c1-3-9-7-5-6-8-10(9)4-2;1-2-3-6-12-8(11)5-4-7(9)10;1-2-8-6-4-3-5-7-8;1-3-5-6-9-7(8)4-2/h3-8H,1-2H2;4-5H,2-3,6H2,1H3,(H,9,10);2-7H,1H2;4H,2-3,5-6H2,1H3/p-1/b;5-4-;;. The summed E-state index contributed by atoms with van der Waals surface area (Å²) in [6.07, 6.45) is 11.8. The molecule has 6 heteroatoms. The van der Waals surface area contributed by atoms with Gasteiger partial charge >= 0.3 is 11.9 Å². The minimum absolute atomic E-state index is 0.326. The van der Waals surface area contributed by atoms with E-state index in [1.54, 1.807) is 0 Å². The van der Waals surface area contributed by atoms with Gasteiger partial charge in [-0.25, -0.2) is 9.59 Å². The first kappa shape index (κ1) is 36.7. The number of esters is 2. The van der Waals surface area contributed by atoms with Crippen molar-refractivity contribution in [2.75, 3.05) is 13.2 Å². The number of hydrogen-bond donors (Lipinski definition) is 0. The minimum atomic E-state index is -1.40. The van der Waals surface area contributed by atoms with E-state index in [0.717, 1.165) is 42.9 Å². The number of benzene rings is 2. The van der Waals surface area contributed by atoms with E-state index in [-0.39, 0.29) is 5.97 Å². The molecule has 0 heterocycles. The van der Waals surface area contributed by atoms with Crippen LogP contribution in [0.3, 0.4) is 0 Å². The van der Waals surface area contributed by atoms with Gasteiger partial charge < -0.3 is 19.4 Å². The molecule has 0 aliphatic carbocycles. The fourth-order valence-corrected chi connectivity index (χ4v) is 2.35. The molecule has 2 aromatic rings. The van der Waals surface area contributed by atoms with E-state index in [0.29, 0.717) is 19.3 Å². The Morgan fingerprint density at radius 3 is 1.51 bits per heavy atom. The van der Waals surface area contributed by atoms with E-state index in [1.807, 2.05) is 86.7 Å². The van der Waals surface area contributed by atoms with E-state index < -0.39 is 11.9 Å². The average molecular weight is 534 g/mol. The highest BCUT2D eigenvalue weighted by atomic mass is 16.5. The number of aliphatic carboxylic acids is 1. The third-order valence-corrected chi connectivity index (χ3v) is 4.48. The van der Waals surface area contributed by atoms with Gasteiger partial charge in [-0.3, -0.25) is 0 Å². The van der Waals surface area contributed by atoms with Crippen LogP contribution < -0.4 is 5.11 Å². The van der Waals surface area contributed by atoms with E-state index >= 15 is 0 Å². The monoisotopic (exact) mass is 533 g/mol. The third kappa shape index (κ3) is 23.7. The summed E-state index contributed by atoms with van der Waals surface area (Å²) in [6.45, 7) is 19.1. The first-order chi connectivity index (χ1) is 18.8. The van der Waals surface area contributed by atoms with Crippen molar-refractivity contribution in [1.82, 2.24) is 0 Å². The first-order valence-corrected chi connectivity index (χ1v) is 12.7. The topological polar surface area (TPSA) is 92.7 Å². The zero-order valence-electron chi connectivity index (χ0n) is 23.2. The molecule has 0 spiro atoms. The van der Waals surface area contributed by atoms with Crippen molar-refractivity contribution in [3.8, 4) is 0 Å². The fraction of sp³-hybridized carbons (Fsp3) is 0.242. The number of rotatable bonds is 12. The van der Waals surface area contributed by atoms with Gasteiger partial charge in [0.05, 0.1) is 19.2 Å². The lowest BCUT2D eigenvalue weighted by Crippen LogP contribution is -2.19. The van der Waals surface area contributed by atoms with Gasteiger partial charge in [0.1, 0.15) is 0 Å². The second-order valence-electron chi connectivity index (χ2n) is 7.55. The molecule has 0 N–H and O–H groups in total. The first-order valence-electron chi connectivity index (χ1n) is 12.7. The fourth-order valence-electron chi connectivity index (χ4n) is 2.35. The zero-order chi connectivity index (χ0) is 29.7. The maximum atomic E-state index is 10.6. The Morgan fingerprint density at radius 2 is 1.15 bits per heavy atom. The Balaban J connectivity index is 0. The highest BCUT2D eigenvalue weighted by Gasteiger charge is 1.94. The van der Waals surface area contributed by atoms with Crippen LogP contribution in [-0.4, -0.2) is 31.1 Å². The van der Waals surface area contributed by atoms with E-state index in [9.17, 15) is 19.5 Å². The third-order valence-electron chi connectivity index (χ3n) is 4.48. The summed E-state index contributed by atoms with van der Waals surface area (Å²) in [5, 5.41) is 9.83. The van der Waals surface area contributed by atoms with Crippen LogP contribution in [0.2, 0.25) is 0 Å². The number of ether oxygens (including phenoxy) is 2. The van der Waals surface area contributed by atoms with Gasteiger partial charge in [-0.1, -0.05) is 126 Å². The molecule has 0 saturated carbocycles. The van der Waals surface area contributed by atoms with Crippen LogP contribution >= 0.6 is 0 Å². The van der Waals surface area contributed by atoms with Gasteiger partial charge in [0.15, 0.2) is 0 Å². The molecule has 2 aromatic carbocycles. The van der Waals surface area contributed by atoms with Crippen LogP contribution in [-0.2, 0) is 23.9 Å². The molecule has 210 valence electrons. The van der Waals surface area contributed by atoms with E-state index in [2.05, 4.69) is 35.8 Å². The Kier molecular flexibility index (Phi) is 25.0. The number of carbonyl (C=O) groups is 3. The lowest BCUT2D eigenvalue weighted by Gasteiger charge is -1.98. The summed E-state index contributed by atoms with van der Waals surface area (Å²) in [4.78, 5) is 30.8. The van der Waals surface area contributed by atoms with Crippen LogP contribution in [0.15, 0.2) is 99.1 Å². The van der Waals surface area contributed by atoms with Gasteiger partial charge in [0.25, 0.3) is 0 Å². The molecular formula is C33H41O6-. The summed E-state index contributed by atoms with van der Waals surface area (Å²) < 4.78 is 9.29. The van der Waals surface area contributed by atoms with Gasteiger partial charge in [0, 0.05) is 12.2 Å². The molecule has 0 bridgehead atoms. The molecule has 6 nitrogen and oxygen atoms in total. The maximum Gasteiger partial charge on any atom is 0.330 e. The van der Waals surface area contributed by atoms with Crippen molar-refractivity contribution in [2.45, 2.75) is 39.5 Å².